The molecule has 1 N–H and O–H groups in total. The van der Waals surface area contributed by atoms with Crippen LogP contribution in [-0.2, 0) is 6.42 Å². The molecule has 2 amide bonds. The molecule has 0 aromatic carbocycles. The van der Waals surface area contributed by atoms with Gasteiger partial charge in [0.05, 0.1) is 0 Å². The van der Waals surface area contributed by atoms with Gasteiger partial charge in [0.1, 0.15) is 5.69 Å². The summed E-state index contributed by atoms with van der Waals surface area (Å²) in [6.45, 7) is 0.592. The zero-order valence-electron chi connectivity index (χ0n) is 16.4. The van der Waals surface area contributed by atoms with E-state index in [9.17, 15) is 9.59 Å². The molecule has 1 saturated carbocycles. The van der Waals surface area contributed by atoms with Crippen molar-refractivity contribution in [1.82, 2.24) is 20.2 Å². The Bertz CT molecular complexity index is 786. The molecular weight excluding hydrogens is 352 g/mol. The van der Waals surface area contributed by atoms with Gasteiger partial charge in [-0.05, 0) is 49.1 Å². The number of aromatic nitrogens is 2. The Hall–Kier alpha value is -2.76. The number of carbonyl (C=O) groups excluding carboxylic acids is 2. The van der Waals surface area contributed by atoms with Gasteiger partial charge in [0.2, 0.25) is 0 Å². The van der Waals surface area contributed by atoms with E-state index in [2.05, 4.69) is 15.3 Å². The van der Waals surface area contributed by atoms with Gasteiger partial charge in [-0.1, -0.05) is 25.7 Å². The van der Waals surface area contributed by atoms with Gasteiger partial charge in [-0.3, -0.25) is 19.6 Å². The molecule has 0 atom stereocenters. The minimum atomic E-state index is -0.194. The van der Waals surface area contributed by atoms with Crippen molar-refractivity contribution in [1.29, 1.82) is 0 Å². The van der Waals surface area contributed by atoms with Crippen molar-refractivity contribution in [2.24, 2.45) is 0 Å². The summed E-state index contributed by atoms with van der Waals surface area (Å²) in [6, 6.07) is 7.35. The lowest BCUT2D eigenvalue weighted by atomic mass is 10.1. The average Bonchev–Trinajstić information content (AvgIpc) is 3.01. The van der Waals surface area contributed by atoms with Crippen molar-refractivity contribution in [3.63, 3.8) is 0 Å². The lowest BCUT2D eigenvalue weighted by Gasteiger charge is -2.18. The van der Waals surface area contributed by atoms with Crippen LogP contribution < -0.4 is 5.32 Å². The molecule has 28 heavy (non-hydrogen) atoms. The summed E-state index contributed by atoms with van der Waals surface area (Å²) in [5.74, 6) is -0.305. The fourth-order valence-corrected chi connectivity index (χ4v) is 3.54. The molecule has 0 spiro atoms. The number of rotatable bonds is 6. The summed E-state index contributed by atoms with van der Waals surface area (Å²) in [4.78, 5) is 35.2. The number of carbonyl (C=O) groups is 2. The third-order valence-electron chi connectivity index (χ3n) is 5.26. The Morgan fingerprint density at radius 3 is 2.50 bits per heavy atom. The Balaban J connectivity index is 1.59. The van der Waals surface area contributed by atoms with Crippen molar-refractivity contribution in [3.8, 4) is 0 Å². The van der Waals surface area contributed by atoms with Gasteiger partial charge < -0.3 is 10.2 Å². The third kappa shape index (κ3) is 5.62. The Morgan fingerprint density at radius 1 is 1.07 bits per heavy atom. The summed E-state index contributed by atoms with van der Waals surface area (Å²) in [5.41, 5.74) is 1.92. The molecule has 2 aromatic heterocycles. The number of nitrogens with one attached hydrogen (secondary N) is 1. The van der Waals surface area contributed by atoms with Crippen LogP contribution in [0.5, 0.6) is 0 Å². The van der Waals surface area contributed by atoms with E-state index < -0.39 is 0 Å². The van der Waals surface area contributed by atoms with Crippen LogP contribution in [0.15, 0.2) is 42.9 Å². The Labute approximate surface area is 166 Å². The maximum Gasteiger partial charge on any atom is 0.270 e. The van der Waals surface area contributed by atoms with Crippen molar-refractivity contribution < 1.29 is 9.59 Å². The molecule has 1 aliphatic carbocycles. The summed E-state index contributed by atoms with van der Waals surface area (Å²) >= 11 is 0. The fraction of sp³-hybridized carbons (Fsp3) is 0.455. The van der Waals surface area contributed by atoms with Crippen LogP contribution in [0, 0.1) is 0 Å². The molecule has 1 fully saturated rings. The molecule has 1 aliphatic rings. The first-order valence-electron chi connectivity index (χ1n) is 10.0. The highest BCUT2D eigenvalue weighted by atomic mass is 16.2. The second kappa shape index (κ2) is 9.97. The van der Waals surface area contributed by atoms with Gasteiger partial charge in [0, 0.05) is 43.8 Å². The van der Waals surface area contributed by atoms with Crippen LogP contribution in [0.4, 0.5) is 0 Å². The second-order valence-corrected chi connectivity index (χ2v) is 7.42. The van der Waals surface area contributed by atoms with Gasteiger partial charge in [0.15, 0.2) is 0 Å². The maximum atomic E-state index is 12.7. The number of hydrogen-bond acceptors (Lipinski definition) is 4. The summed E-state index contributed by atoms with van der Waals surface area (Å²) in [6.07, 6.45) is 12.6. The number of pyridine rings is 2. The molecule has 148 valence electrons. The van der Waals surface area contributed by atoms with Crippen LogP contribution in [0.25, 0.3) is 0 Å². The molecule has 0 radical (unpaired) electrons. The predicted octanol–water partition coefficient (Wildman–Crippen LogP) is 3.24. The Morgan fingerprint density at radius 2 is 1.79 bits per heavy atom. The molecule has 6 heteroatoms. The van der Waals surface area contributed by atoms with Gasteiger partial charge in [0.25, 0.3) is 11.8 Å². The SMILES string of the molecule is CN(CCc1ccncc1)C(=O)c1ccnc(C(=O)NC2CCCCCC2)c1. The Kier molecular flexibility index (Phi) is 7.12. The summed E-state index contributed by atoms with van der Waals surface area (Å²) < 4.78 is 0. The number of likely N-dealkylation sites (N-methyl/N-ethyl adjacent to an activating group) is 1. The first-order valence-corrected chi connectivity index (χ1v) is 10.0. The lowest BCUT2D eigenvalue weighted by Crippen LogP contribution is -2.35. The third-order valence-corrected chi connectivity index (χ3v) is 5.26. The number of hydrogen-bond donors (Lipinski definition) is 1. The topological polar surface area (TPSA) is 75.2 Å². The molecule has 0 bridgehead atoms. The quantitative estimate of drug-likeness (QED) is 0.781. The first kappa shape index (κ1) is 20.0. The van der Waals surface area contributed by atoms with Crippen LogP contribution in [-0.4, -0.2) is 46.3 Å². The van der Waals surface area contributed by atoms with E-state index in [1.807, 2.05) is 12.1 Å². The zero-order chi connectivity index (χ0) is 19.8. The molecular formula is C22H28N4O2. The maximum absolute atomic E-state index is 12.7. The zero-order valence-corrected chi connectivity index (χ0v) is 16.4. The van der Waals surface area contributed by atoms with Gasteiger partial charge in [-0.2, -0.15) is 0 Å². The first-order chi connectivity index (χ1) is 13.6. The highest BCUT2D eigenvalue weighted by Gasteiger charge is 2.18. The van der Waals surface area contributed by atoms with E-state index in [1.54, 1.807) is 36.5 Å². The lowest BCUT2D eigenvalue weighted by molar-refractivity contribution is 0.0796. The highest BCUT2D eigenvalue weighted by Crippen LogP contribution is 2.17. The molecule has 0 unspecified atom stereocenters. The van der Waals surface area contributed by atoms with Crippen LogP contribution >= 0.6 is 0 Å². The van der Waals surface area contributed by atoms with Crippen molar-refractivity contribution in [2.75, 3.05) is 13.6 Å². The molecule has 6 nitrogen and oxygen atoms in total. The molecule has 2 heterocycles. The summed E-state index contributed by atoms with van der Waals surface area (Å²) in [5, 5.41) is 3.08. The molecule has 2 aromatic rings. The monoisotopic (exact) mass is 380 g/mol. The number of amides is 2. The second-order valence-electron chi connectivity index (χ2n) is 7.42. The minimum absolute atomic E-state index is 0.111. The van der Waals surface area contributed by atoms with E-state index >= 15 is 0 Å². The number of nitrogens with zero attached hydrogens (tertiary/aromatic N) is 3. The molecule has 0 saturated heterocycles. The highest BCUT2D eigenvalue weighted by molar-refractivity contribution is 5.98. The fourth-order valence-electron chi connectivity index (χ4n) is 3.54. The largest absolute Gasteiger partial charge is 0.348 e. The molecule has 3 rings (SSSR count). The molecule has 0 aliphatic heterocycles. The minimum Gasteiger partial charge on any atom is -0.348 e. The van der Waals surface area contributed by atoms with E-state index in [0.717, 1.165) is 37.7 Å². The van der Waals surface area contributed by atoms with Crippen LogP contribution in [0.3, 0.4) is 0 Å². The van der Waals surface area contributed by atoms with E-state index in [1.165, 1.54) is 19.0 Å². The standard InChI is InChI=1S/C22H28N4O2/c1-26(15-11-17-8-12-23-13-9-17)22(28)18-10-14-24-20(16-18)21(27)25-19-6-4-2-3-5-7-19/h8-10,12-14,16,19H,2-7,11,15H2,1H3,(H,25,27). The summed E-state index contributed by atoms with van der Waals surface area (Å²) in [7, 11) is 1.77. The van der Waals surface area contributed by atoms with Crippen LogP contribution in [0.2, 0.25) is 0 Å². The normalized spacial score (nSPS) is 14.9. The van der Waals surface area contributed by atoms with Gasteiger partial charge in [-0.25, -0.2) is 0 Å². The predicted molar refractivity (Wildman–Crippen MR) is 108 cm³/mol. The van der Waals surface area contributed by atoms with E-state index in [4.69, 9.17) is 0 Å². The van der Waals surface area contributed by atoms with Gasteiger partial charge >= 0.3 is 0 Å². The van der Waals surface area contributed by atoms with Gasteiger partial charge in [-0.15, -0.1) is 0 Å². The average molecular weight is 380 g/mol. The van der Waals surface area contributed by atoms with Crippen LogP contribution in [0.1, 0.15) is 64.9 Å². The van der Waals surface area contributed by atoms with E-state index in [-0.39, 0.29) is 17.9 Å². The van der Waals surface area contributed by atoms with Crippen molar-refractivity contribution in [2.45, 2.75) is 51.0 Å². The smallest absolute Gasteiger partial charge is 0.270 e. The van der Waals surface area contributed by atoms with Crippen molar-refractivity contribution in [3.05, 3.63) is 59.7 Å². The van der Waals surface area contributed by atoms with Crippen molar-refractivity contribution >= 4 is 11.8 Å². The van der Waals surface area contributed by atoms with E-state index in [0.29, 0.717) is 17.8 Å².